The lowest BCUT2D eigenvalue weighted by Crippen LogP contribution is -2.37. The number of hydrogen-bond acceptors (Lipinski definition) is 5. The molecule has 2 aromatic rings. The Labute approximate surface area is 167 Å². The summed E-state index contributed by atoms with van der Waals surface area (Å²) in [5, 5.41) is 0. The second-order valence-corrected chi connectivity index (χ2v) is 8.36. The van der Waals surface area contributed by atoms with Crippen LogP contribution in [-0.2, 0) is 16.7 Å². The van der Waals surface area contributed by atoms with Crippen molar-refractivity contribution < 1.29 is 22.1 Å². The van der Waals surface area contributed by atoms with E-state index >= 15 is 0 Å². The van der Waals surface area contributed by atoms with Gasteiger partial charge in [0, 0.05) is 18.2 Å². The quantitative estimate of drug-likeness (QED) is 0.592. The van der Waals surface area contributed by atoms with Crippen LogP contribution in [0.2, 0.25) is 0 Å². The third-order valence-electron chi connectivity index (χ3n) is 4.55. The van der Waals surface area contributed by atoms with Crippen LogP contribution in [0.4, 0.5) is 0 Å². The molecule has 0 aliphatic carbocycles. The number of nitrogens with zero attached hydrogens (tertiary/aromatic N) is 1. The van der Waals surface area contributed by atoms with E-state index in [0.29, 0.717) is 17.9 Å². The first-order valence-electron chi connectivity index (χ1n) is 9.25. The molecular weight excluding hydrogens is 378 g/mol. The van der Waals surface area contributed by atoms with Gasteiger partial charge in [-0.25, -0.2) is 0 Å². The predicted molar refractivity (Wildman–Crippen MR) is 109 cm³/mol. The summed E-state index contributed by atoms with van der Waals surface area (Å²) in [6.07, 6.45) is 0.794. The summed E-state index contributed by atoms with van der Waals surface area (Å²) < 4.78 is 33.6. The van der Waals surface area contributed by atoms with Gasteiger partial charge in [-0.05, 0) is 62.2 Å². The van der Waals surface area contributed by atoms with E-state index in [1.165, 1.54) is 6.92 Å². The third kappa shape index (κ3) is 5.73. The van der Waals surface area contributed by atoms with E-state index < -0.39 is 10.1 Å². The molecule has 1 unspecified atom stereocenters. The second-order valence-electron chi connectivity index (χ2n) is 6.50. The van der Waals surface area contributed by atoms with Crippen LogP contribution >= 0.6 is 0 Å². The molecule has 0 spiro atoms. The van der Waals surface area contributed by atoms with Crippen molar-refractivity contribution in [3.8, 4) is 11.5 Å². The summed E-state index contributed by atoms with van der Waals surface area (Å²) in [6.45, 7) is 5.89. The Balaban J connectivity index is 2.25. The summed E-state index contributed by atoms with van der Waals surface area (Å²) >= 11 is 0. The number of ether oxygens (including phenoxy) is 1. The van der Waals surface area contributed by atoms with E-state index in [0.717, 1.165) is 12.0 Å². The molecule has 28 heavy (non-hydrogen) atoms. The van der Waals surface area contributed by atoms with Crippen molar-refractivity contribution in [1.29, 1.82) is 0 Å². The zero-order valence-corrected chi connectivity index (χ0v) is 17.5. The van der Waals surface area contributed by atoms with Crippen molar-refractivity contribution in [1.82, 2.24) is 4.90 Å². The van der Waals surface area contributed by atoms with E-state index in [1.807, 2.05) is 19.9 Å². The Hall–Kier alpha value is -2.54. The SMILES string of the molecule is CCC(C)N(Cc1cccc(OS(=O)(=O)CC)c1)C(=O)c1ccc(OC)cc1. The Morgan fingerprint density at radius 1 is 1.07 bits per heavy atom. The molecule has 0 fully saturated rings. The Bertz CT molecular complexity index is 893. The topological polar surface area (TPSA) is 72.9 Å². The first kappa shape index (κ1) is 21.8. The fraction of sp³-hybridized carbons (Fsp3) is 0.381. The highest BCUT2D eigenvalue weighted by Crippen LogP contribution is 2.21. The van der Waals surface area contributed by atoms with Crippen LogP contribution < -0.4 is 8.92 Å². The maximum absolute atomic E-state index is 13.1. The zero-order valence-electron chi connectivity index (χ0n) is 16.7. The van der Waals surface area contributed by atoms with E-state index in [2.05, 4.69) is 0 Å². The van der Waals surface area contributed by atoms with E-state index in [1.54, 1.807) is 54.5 Å². The largest absolute Gasteiger partial charge is 0.497 e. The van der Waals surface area contributed by atoms with Crippen molar-refractivity contribution >= 4 is 16.0 Å². The number of methoxy groups -OCH3 is 1. The number of rotatable bonds is 9. The highest BCUT2D eigenvalue weighted by molar-refractivity contribution is 7.87. The molecule has 2 rings (SSSR count). The maximum Gasteiger partial charge on any atom is 0.308 e. The van der Waals surface area contributed by atoms with E-state index in [9.17, 15) is 13.2 Å². The highest BCUT2D eigenvalue weighted by Gasteiger charge is 2.21. The molecule has 1 amide bonds. The van der Waals surface area contributed by atoms with Gasteiger partial charge in [0.1, 0.15) is 11.5 Å². The molecule has 0 radical (unpaired) electrons. The molecule has 0 aliphatic rings. The Morgan fingerprint density at radius 2 is 1.75 bits per heavy atom. The molecule has 7 heteroatoms. The number of carbonyl (C=O) groups is 1. The lowest BCUT2D eigenvalue weighted by atomic mass is 10.1. The monoisotopic (exact) mass is 405 g/mol. The molecule has 0 saturated heterocycles. The van der Waals surface area contributed by atoms with Gasteiger partial charge in [0.25, 0.3) is 5.91 Å². The molecule has 0 saturated carbocycles. The van der Waals surface area contributed by atoms with Crippen molar-refractivity contribution in [2.24, 2.45) is 0 Å². The minimum absolute atomic E-state index is 0.0125. The zero-order chi connectivity index (χ0) is 20.7. The number of benzene rings is 2. The second kappa shape index (κ2) is 9.59. The molecule has 6 nitrogen and oxygen atoms in total. The maximum atomic E-state index is 13.1. The van der Waals surface area contributed by atoms with Crippen LogP contribution in [-0.4, -0.2) is 38.1 Å². The predicted octanol–water partition coefficient (Wildman–Crippen LogP) is 3.86. The number of amides is 1. The van der Waals surface area contributed by atoms with Crippen LogP contribution in [0.3, 0.4) is 0 Å². The molecular formula is C21H27NO5S. The van der Waals surface area contributed by atoms with Crippen LogP contribution in [0.25, 0.3) is 0 Å². The highest BCUT2D eigenvalue weighted by atomic mass is 32.2. The molecule has 1 atom stereocenters. The minimum Gasteiger partial charge on any atom is -0.497 e. The summed E-state index contributed by atoms with van der Waals surface area (Å²) in [7, 11) is -2.02. The van der Waals surface area contributed by atoms with Crippen molar-refractivity contribution in [2.45, 2.75) is 39.8 Å². The van der Waals surface area contributed by atoms with Crippen LogP contribution in [0, 0.1) is 0 Å². The molecule has 2 aromatic carbocycles. The van der Waals surface area contributed by atoms with Crippen molar-refractivity contribution in [3.05, 3.63) is 59.7 Å². The van der Waals surface area contributed by atoms with E-state index in [4.69, 9.17) is 8.92 Å². The van der Waals surface area contributed by atoms with Gasteiger partial charge in [-0.2, -0.15) is 8.42 Å². The summed E-state index contributed by atoms with van der Waals surface area (Å²) in [6, 6.07) is 13.8. The molecule has 152 valence electrons. The lowest BCUT2D eigenvalue weighted by molar-refractivity contribution is 0.0671. The van der Waals surface area contributed by atoms with Gasteiger partial charge in [-0.3, -0.25) is 4.79 Å². The van der Waals surface area contributed by atoms with Crippen LogP contribution in [0.15, 0.2) is 48.5 Å². The first-order valence-corrected chi connectivity index (χ1v) is 10.8. The fourth-order valence-corrected chi connectivity index (χ4v) is 3.16. The average Bonchev–Trinajstić information content (AvgIpc) is 2.71. The van der Waals surface area contributed by atoms with Crippen molar-refractivity contribution in [2.75, 3.05) is 12.9 Å². The van der Waals surface area contributed by atoms with Gasteiger partial charge in [0.05, 0.1) is 12.9 Å². The standard InChI is InChI=1S/C21H27NO5S/c1-5-16(3)22(21(23)18-10-12-19(26-4)13-11-18)15-17-8-7-9-20(14-17)27-28(24,25)6-2/h7-14,16H,5-6,15H2,1-4H3. The van der Waals surface area contributed by atoms with Gasteiger partial charge >= 0.3 is 10.1 Å². The smallest absolute Gasteiger partial charge is 0.308 e. The van der Waals surface area contributed by atoms with Gasteiger partial charge in [0.2, 0.25) is 0 Å². The van der Waals surface area contributed by atoms with Crippen LogP contribution in [0.1, 0.15) is 43.1 Å². The minimum atomic E-state index is -3.60. The average molecular weight is 406 g/mol. The number of carbonyl (C=O) groups excluding carboxylic acids is 1. The summed E-state index contributed by atoms with van der Waals surface area (Å²) in [5.41, 5.74) is 1.37. The molecule has 0 bridgehead atoms. The molecule has 0 aromatic heterocycles. The van der Waals surface area contributed by atoms with Gasteiger partial charge in [-0.15, -0.1) is 0 Å². The van der Waals surface area contributed by atoms with Gasteiger partial charge in [-0.1, -0.05) is 19.1 Å². The fourth-order valence-electron chi connectivity index (χ4n) is 2.65. The van der Waals surface area contributed by atoms with E-state index in [-0.39, 0.29) is 23.5 Å². The normalized spacial score (nSPS) is 12.3. The molecule has 0 aliphatic heterocycles. The lowest BCUT2D eigenvalue weighted by Gasteiger charge is -2.29. The first-order chi connectivity index (χ1) is 13.3. The summed E-state index contributed by atoms with van der Waals surface area (Å²) in [5.74, 6) is 0.741. The molecule has 0 heterocycles. The van der Waals surface area contributed by atoms with Gasteiger partial charge < -0.3 is 13.8 Å². The Kier molecular flexibility index (Phi) is 7.45. The third-order valence-corrected chi connectivity index (χ3v) is 5.70. The number of hydrogen-bond donors (Lipinski definition) is 0. The van der Waals surface area contributed by atoms with Gasteiger partial charge in [0.15, 0.2) is 0 Å². The molecule has 0 N–H and O–H groups in total. The summed E-state index contributed by atoms with van der Waals surface area (Å²) in [4.78, 5) is 14.8. The Morgan fingerprint density at radius 3 is 2.32 bits per heavy atom. The van der Waals surface area contributed by atoms with Crippen molar-refractivity contribution in [3.63, 3.8) is 0 Å². The van der Waals surface area contributed by atoms with Crippen LogP contribution in [0.5, 0.6) is 11.5 Å².